The Morgan fingerprint density at radius 2 is 2.00 bits per heavy atom. The summed E-state index contributed by atoms with van der Waals surface area (Å²) in [5, 5.41) is 0. The number of benzene rings is 1. The van der Waals surface area contributed by atoms with Gasteiger partial charge in [0.15, 0.2) is 6.54 Å². The van der Waals surface area contributed by atoms with Crippen LogP contribution >= 0.6 is 0 Å². The molecule has 0 saturated heterocycles. The lowest BCUT2D eigenvalue weighted by atomic mass is 10.3. The third kappa shape index (κ3) is 2.08. The van der Waals surface area contributed by atoms with E-state index < -0.39 is 12.0 Å². The molecule has 0 fully saturated rings. The van der Waals surface area contributed by atoms with Crippen LogP contribution in [0.15, 0.2) is 24.5 Å². The first-order valence-electron chi connectivity index (χ1n) is 4.00. The van der Waals surface area contributed by atoms with Crippen molar-refractivity contribution in [3.63, 3.8) is 0 Å². The van der Waals surface area contributed by atoms with Crippen molar-refractivity contribution < 1.29 is 17.6 Å². The molecule has 15 heavy (non-hydrogen) atoms. The number of aromatic nitrogens is 2. The van der Waals surface area contributed by atoms with E-state index >= 15 is 0 Å². The molecule has 0 N–H and O–H groups in total. The molecule has 0 aliphatic heterocycles. The molecule has 0 aliphatic rings. The van der Waals surface area contributed by atoms with Gasteiger partial charge in [0.25, 0.3) is 0 Å². The Bertz CT molecular complexity index is 486. The van der Waals surface area contributed by atoms with Crippen molar-refractivity contribution in [1.82, 2.24) is 9.55 Å². The third-order valence-corrected chi connectivity index (χ3v) is 1.82. The van der Waals surface area contributed by atoms with E-state index in [-0.39, 0.29) is 12.1 Å². The van der Waals surface area contributed by atoms with E-state index in [2.05, 4.69) is 4.98 Å². The van der Waals surface area contributed by atoms with E-state index in [0.29, 0.717) is 5.52 Å². The maximum absolute atomic E-state index is 12.8. The van der Waals surface area contributed by atoms with Crippen LogP contribution in [0.2, 0.25) is 0 Å². The molecule has 1 radical (unpaired) electrons. The van der Waals surface area contributed by atoms with Gasteiger partial charge in [0.05, 0.1) is 17.4 Å². The van der Waals surface area contributed by atoms with E-state index in [1.807, 2.05) is 0 Å². The van der Waals surface area contributed by atoms with Crippen LogP contribution < -0.4 is 0 Å². The lowest BCUT2D eigenvalue weighted by molar-refractivity contribution is -0.100. The van der Waals surface area contributed by atoms with Gasteiger partial charge in [0, 0.05) is 0 Å². The molecule has 2 nitrogen and oxygen atoms in total. The predicted molar refractivity (Wildman–Crippen MR) is 45.4 cm³/mol. The summed E-state index contributed by atoms with van der Waals surface area (Å²) in [6.45, 7) is 0.0295. The first-order valence-corrected chi connectivity index (χ1v) is 4.00. The summed E-state index contributed by atoms with van der Waals surface area (Å²) in [7, 11) is 0. The normalized spacial score (nSPS) is 12.3. The molecule has 0 bridgehead atoms. The highest BCUT2D eigenvalue weighted by Gasteiger charge is 2.29. The van der Waals surface area contributed by atoms with E-state index in [4.69, 9.17) is 0 Å². The molecular weight excluding hydrogens is 212 g/mol. The Hall–Kier alpha value is -1.59. The lowest BCUT2D eigenvalue weighted by Crippen LogP contribution is -2.13. The summed E-state index contributed by atoms with van der Waals surface area (Å²) in [4.78, 5) is 3.71. The molecule has 0 spiro atoms. The van der Waals surface area contributed by atoms with Gasteiger partial charge < -0.3 is 4.57 Å². The Morgan fingerprint density at radius 3 is 2.67 bits per heavy atom. The molecular formula is C9H5F4N2. The van der Waals surface area contributed by atoms with E-state index in [0.717, 1.165) is 23.0 Å². The molecule has 79 valence electrons. The van der Waals surface area contributed by atoms with Gasteiger partial charge in [0.2, 0.25) is 0 Å². The van der Waals surface area contributed by atoms with Crippen molar-refractivity contribution in [3.8, 4) is 0 Å². The van der Waals surface area contributed by atoms with Crippen LogP contribution in [0.1, 0.15) is 0 Å². The van der Waals surface area contributed by atoms with Gasteiger partial charge >= 0.3 is 6.18 Å². The standard InChI is InChI=1S/C9H5F4N2/c10-6-1-2-7-8(3-6)15(5-14-7)4-9(11,12)13/h1-5H. The minimum atomic E-state index is -4.46. The minimum Gasteiger partial charge on any atom is -0.316 e. The molecule has 0 saturated carbocycles. The SMILES string of the molecule is Fc1ccc2ncn([CH]C(F)(F)F)c2c1. The van der Waals surface area contributed by atoms with Gasteiger partial charge in [-0.1, -0.05) is 0 Å². The van der Waals surface area contributed by atoms with Gasteiger partial charge in [-0.2, -0.15) is 13.2 Å². The van der Waals surface area contributed by atoms with Crippen molar-refractivity contribution in [2.45, 2.75) is 6.18 Å². The van der Waals surface area contributed by atoms with Gasteiger partial charge in [-0.05, 0) is 18.2 Å². The molecule has 0 atom stereocenters. The molecule has 2 rings (SSSR count). The second-order valence-electron chi connectivity index (χ2n) is 2.96. The zero-order valence-electron chi connectivity index (χ0n) is 7.29. The van der Waals surface area contributed by atoms with Gasteiger partial charge in [0.1, 0.15) is 5.82 Å². The van der Waals surface area contributed by atoms with Crippen LogP contribution in [0, 0.1) is 12.4 Å². The maximum atomic E-state index is 12.8. The van der Waals surface area contributed by atoms with Crippen molar-refractivity contribution in [2.24, 2.45) is 0 Å². The first-order chi connectivity index (χ1) is 6.96. The van der Waals surface area contributed by atoms with E-state index in [1.165, 1.54) is 6.07 Å². The highest BCUT2D eigenvalue weighted by molar-refractivity contribution is 5.75. The number of rotatable bonds is 1. The van der Waals surface area contributed by atoms with E-state index in [1.54, 1.807) is 0 Å². The topological polar surface area (TPSA) is 17.8 Å². The summed E-state index contributed by atoms with van der Waals surface area (Å²) in [5.41, 5.74) is 0.407. The fourth-order valence-corrected chi connectivity index (χ4v) is 1.26. The smallest absolute Gasteiger partial charge is 0.316 e. The average Bonchev–Trinajstić information content (AvgIpc) is 2.46. The number of fused-ring (bicyclic) bond motifs is 1. The van der Waals surface area contributed by atoms with Crippen LogP contribution in [0.3, 0.4) is 0 Å². The minimum absolute atomic E-state index is 0.0295. The second kappa shape index (κ2) is 3.22. The fraction of sp³-hybridized carbons (Fsp3) is 0.111. The number of halogens is 4. The Kier molecular flexibility index (Phi) is 2.13. The van der Waals surface area contributed by atoms with Crippen LogP contribution in [0.4, 0.5) is 17.6 Å². The monoisotopic (exact) mass is 217 g/mol. The summed E-state index contributed by atoms with van der Waals surface area (Å²) in [6, 6.07) is 3.48. The summed E-state index contributed by atoms with van der Waals surface area (Å²) < 4.78 is 49.7. The highest BCUT2D eigenvalue weighted by atomic mass is 19.4. The molecule has 0 unspecified atom stereocenters. The Morgan fingerprint density at radius 1 is 1.27 bits per heavy atom. The number of nitrogens with zero attached hydrogens (tertiary/aromatic N) is 2. The summed E-state index contributed by atoms with van der Waals surface area (Å²) in [6.07, 6.45) is -3.46. The molecule has 1 aromatic heterocycles. The van der Waals surface area contributed by atoms with Crippen LogP contribution in [-0.2, 0) is 0 Å². The fourth-order valence-electron chi connectivity index (χ4n) is 1.26. The Balaban J connectivity index is 2.48. The van der Waals surface area contributed by atoms with Gasteiger partial charge in [-0.25, -0.2) is 9.37 Å². The highest BCUT2D eigenvalue weighted by Crippen LogP contribution is 2.23. The number of imidazole rings is 1. The molecule has 1 heterocycles. The van der Waals surface area contributed by atoms with Crippen molar-refractivity contribution in [1.29, 1.82) is 0 Å². The zero-order chi connectivity index (χ0) is 11.1. The largest absolute Gasteiger partial charge is 0.411 e. The quantitative estimate of drug-likeness (QED) is 0.671. The molecule has 2 aromatic rings. The number of hydrogen-bond acceptors (Lipinski definition) is 1. The Labute approximate surface area is 82.1 Å². The van der Waals surface area contributed by atoms with Crippen molar-refractivity contribution >= 4 is 11.0 Å². The average molecular weight is 217 g/mol. The third-order valence-electron chi connectivity index (χ3n) is 1.82. The molecule has 6 heteroatoms. The maximum Gasteiger partial charge on any atom is 0.411 e. The summed E-state index contributed by atoms with van der Waals surface area (Å²) in [5.74, 6) is -0.597. The van der Waals surface area contributed by atoms with Crippen LogP contribution in [0.5, 0.6) is 0 Å². The van der Waals surface area contributed by atoms with Crippen molar-refractivity contribution in [2.75, 3.05) is 0 Å². The summed E-state index contributed by atoms with van der Waals surface area (Å²) >= 11 is 0. The van der Waals surface area contributed by atoms with Crippen LogP contribution in [0.25, 0.3) is 11.0 Å². The van der Waals surface area contributed by atoms with E-state index in [9.17, 15) is 17.6 Å². The van der Waals surface area contributed by atoms with Crippen LogP contribution in [-0.4, -0.2) is 15.7 Å². The van der Waals surface area contributed by atoms with Gasteiger partial charge in [-0.15, -0.1) is 0 Å². The molecule has 1 aromatic carbocycles. The first kappa shape index (κ1) is 9.95. The lowest BCUT2D eigenvalue weighted by Gasteiger charge is -2.06. The predicted octanol–water partition coefficient (Wildman–Crippen LogP) is 2.75. The zero-order valence-corrected chi connectivity index (χ0v) is 7.29. The number of alkyl halides is 3. The molecule has 0 aliphatic carbocycles. The molecule has 0 amide bonds. The number of hydrogen-bond donors (Lipinski definition) is 0. The van der Waals surface area contributed by atoms with Gasteiger partial charge in [-0.3, -0.25) is 0 Å². The van der Waals surface area contributed by atoms with Crippen molar-refractivity contribution in [3.05, 3.63) is 36.9 Å². The second-order valence-corrected chi connectivity index (χ2v) is 2.96.